The number of carbonyl (C=O) groups excluding carboxylic acids is 1. The first kappa shape index (κ1) is 27.3. The number of piperidine rings is 1. The maximum Gasteiger partial charge on any atom is 0.410 e. The lowest BCUT2D eigenvalue weighted by atomic mass is 10.0. The zero-order chi connectivity index (χ0) is 27.9. The van der Waals surface area contributed by atoms with Crippen LogP contribution in [0.25, 0.3) is 16.9 Å². The summed E-state index contributed by atoms with van der Waals surface area (Å²) in [6, 6.07) is 6.99. The van der Waals surface area contributed by atoms with Gasteiger partial charge in [-0.25, -0.2) is 18.9 Å². The van der Waals surface area contributed by atoms with E-state index in [4.69, 9.17) is 9.47 Å². The van der Waals surface area contributed by atoms with Gasteiger partial charge >= 0.3 is 6.09 Å². The Morgan fingerprint density at radius 1 is 1.15 bits per heavy atom. The first-order valence-corrected chi connectivity index (χ1v) is 13.9. The number of likely N-dealkylation sites (tertiary alicyclic amines) is 1. The SMILES string of the molecule is Cc1c(-c2cc(OC(C)c3ccc(F)cn3)n3c(I)cnc3c2)nnn1C1CCN(C(=O)OC(C)(C)C)CC1. The largest absolute Gasteiger partial charge is 0.469 e. The molecule has 1 aliphatic rings. The molecule has 0 saturated carbocycles. The fourth-order valence-corrected chi connectivity index (χ4v) is 5.33. The Hall–Kier alpha value is -3.29. The molecule has 1 unspecified atom stereocenters. The van der Waals surface area contributed by atoms with Crippen molar-refractivity contribution < 1.29 is 18.7 Å². The molecule has 0 N–H and O–H groups in total. The third kappa shape index (κ3) is 5.85. The standard InChI is InChI=1S/C27H31FIN7O3/c1-16-25(32-33-36(16)20-8-10-34(11-9-20)26(37)39-27(3,4)5)18-12-23-31-15-22(29)35(23)24(13-18)38-17(2)21-7-6-19(28)14-30-21/h6-7,12-15,17,20H,8-11H2,1-5H3. The minimum Gasteiger partial charge on any atom is -0.469 e. The molecule has 5 heterocycles. The summed E-state index contributed by atoms with van der Waals surface area (Å²) in [7, 11) is 0. The number of nitrogens with zero attached hydrogens (tertiary/aromatic N) is 7. The van der Waals surface area contributed by atoms with Gasteiger partial charge in [-0.05, 0) is 88.3 Å². The molecule has 1 amide bonds. The van der Waals surface area contributed by atoms with E-state index in [-0.39, 0.29) is 12.1 Å². The minimum atomic E-state index is -0.519. The van der Waals surface area contributed by atoms with Gasteiger partial charge in [-0.15, -0.1) is 5.10 Å². The van der Waals surface area contributed by atoms with Crippen LogP contribution in [0.3, 0.4) is 0 Å². The first-order valence-electron chi connectivity index (χ1n) is 12.9. The van der Waals surface area contributed by atoms with E-state index in [9.17, 15) is 9.18 Å². The van der Waals surface area contributed by atoms with E-state index < -0.39 is 17.5 Å². The maximum atomic E-state index is 13.4. The van der Waals surface area contributed by atoms with Crippen LogP contribution in [0, 0.1) is 16.4 Å². The number of fused-ring (bicyclic) bond motifs is 1. The van der Waals surface area contributed by atoms with E-state index in [0.717, 1.165) is 33.5 Å². The third-order valence-electron chi connectivity index (χ3n) is 6.66. The van der Waals surface area contributed by atoms with Crippen molar-refractivity contribution >= 4 is 34.3 Å². The lowest BCUT2D eigenvalue weighted by molar-refractivity contribution is 0.0183. The van der Waals surface area contributed by atoms with Gasteiger partial charge < -0.3 is 14.4 Å². The highest BCUT2D eigenvalue weighted by atomic mass is 127. The number of rotatable bonds is 5. The molecule has 0 aliphatic carbocycles. The lowest BCUT2D eigenvalue weighted by Gasteiger charge is -2.33. The van der Waals surface area contributed by atoms with Gasteiger partial charge in [-0.1, -0.05) is 5.21 Å². The topological polar surface area (TPSA) is 99.7 Å². The maximum absolute atomic E-state index is 13.4. The zero-order valence-electron chi connectivity index (χ0n) is 22.6. The van der Waals surface area contributed by atoms with Crippen molar-refractivity contribution in [2.75, 3.05) is 13.1 Å². The molecule has 0 aromatic carbocycles. The summed E-state index contributed by atoms with van der Waals surface area (Å²) in [5, 5.41) is 9.02. The van der Waals surface area contributed by atoms with Crippen LogP contribution in [0.5, 0.6) is 5.88 Å². The normalized spacial score (nSPS) is 15.5. The number of carbonyl (C=O) groups is 1. The number of halogens is 2. The number of pyridine rings is 2. The smallest absolute Gasteiger partial charge is 0.410 e. The van der Waals surface area contributed by atoms with Gasteiger partial charge in [-0.2, -0.15) is 0 Å². The van der Waals surface area contributed by atoms with E-state index in [1.54, 1.807) is 17.2 Å². The fourth-order valence-electron chi connectivity index (χ4n) is 4.71. The van der Waals surface area contributed by atoms with Crippen molar-refractivity contribution in [3.8, 4) is 17.1 Å². The van der Waals surface area contributed by atoms with Crippen LogP contribution in [0.15, 0.2) is 36.7 Å². The van der Waals surface area contributed by atoms with Crippen molar-refractivity contribution in [2.45, 2.75) is 65.2 Å². The number of aromatic nitrogens is 6. The summed E-state index contributed by atoms with van der Waals surface area (Å²) in [5.41, 5.74) is 3.30. The molecule has 39 heavy (non-hydrogen) atoms. The van der Waals surface area contributed by atoms with E-state index in [1.165, 1.54) is 12.3 Å². The lowest BCUT2D eigenvalue weighted by Crippen LogP contribution is -2.42. The van der Waals surface area contributed by atoms with Crippen molar-refractivity contribution in [1.29, 1.82) is 0 Å². The molecule has 206 valence electrons. The van der Waals surface area contributed by atoms with Crippen LogP contribution in [-0.4, -0.2) is 59.0 Å². The molecule has 4 aromatic heterocycles. The molecule has 12 heteroatoms. The van der Waals surface area contributed by atoms with E-state index in [2.05, 4.69) is 42.9 Å². The van der Waals surface area contributed by atoms with Crippen molar-refractivity contribution in [3.63, 3.8) is 0 Å². The Balaban J connectivity index is 1.38. The Morgan fingerprint density at radius 3 is 2.56 bits per heavy atom. The molecular weight excluding hydrogens is 616 g/mol. The van der Waals surface area contributed by atoms with Crippen LogP contribution in [0.1, 0.15) is 64.1 Å². The quantitative estimate of drug-likeness (QED) is 0.255. The second-order valence-corrected chi connectivity index (χ2v) is 11.8. The molecular formula is C27H31FIN7O3. The van der Waals surface area contributed by atoms with Gasteiger partial charge in [0.2, 0.25) is 5.88 Å². The second kappa shape index (κ2) is 10.7. The summed E-state index contributed by atoms with van der Waals surface area (Å²) in [6.07, 6.45) is 3.77. The van der Waals surface area contributed by atoms with Crippen LogP contribution >= 0.6 is 22.6 Å². The molecule has 1 fully saturated rings. The first-order chi connectivity index (χ1) is 18.5. The number of hydrogen-bond donors (Lipinski definition) is 0. The minimum absolute atomic E-state index is 0.126. The number of hydrogen-bond acceptors (Lipinski definition) is 7. The molecule has 1 atom stereocenters. The average Bonchev–Trinajstić information content (AvgIpc) is 3.46. The van der Waals surface area contributed by atoms with Crippen molar-refractivity contribution in [3.05, 3.63) is 57.6 Å². The molecule has 1 saturated heterocycles. The van der Waals surface area contributed by atoms with Gasteiger partial charge in [0, 0.05) is 24.7 Å². The van der Waals surface area contributed by atoms with Crippen LogP contribution in [0.2, 0.25) is 0 Å². The molecule has 10 nitrogen and oxygen atoms in total. The average molecular weight is 647 g/mol. The number of ether oxygens (including phenoxy) is 2. The van der Waals surface area contributed by atoms with E-state index in [0.29, 0.717) is 30.3 Å². The Morgan fingerprint density at radius 2 is 1.90 bits per heavy atom. The van der Waals surface area contributed by atoms with Crippen LogP contribution in [-0.2, 0) is 4.74 Å². The van der Waals surface area contributed by atoms with Crippen molar-refractivity contribution in [2.24, 2.45) is 0 Å². The van der Waals surface area contributed by atoms with Gasteiger partial charge in [0.15, 0.2) is 0 Å². The fraction of sp³-hybridized carbons (Fsp3) is 0.444. The summed E-state index contributed by atoms with van der Waals surface area (Å²) >= 11 is 2.21. The summed E-state index contributed by atoms with van der Waals surface area (Å²) < 4.78 is 30.0. The zero-order valence-corrected chi connectivity index (χ0v) is 24.7. The molecule has 5 rings (SSSR count). The van der Waals surface area contributed by atoms with Crippen LogP contribution in [0.4, 0.5) is 9.18 Å². The summed E-state index contributed by atoms with van der Waals surface area (Å²) in [5.74, 6) is 0.177. The highest BCUT2D eigenvalue weighted by Gasteiger charge is 2.29. The number of amides is 1. The van der Waals surface area contributed by atoms with Crippen molar-refractivity contribution in [1.82, 2.24) is 34.3 Å². The van der Waals surface area contributed by atoms with Gasteiger partial charge in [0.25, 0.3) is 0 Å². The summed E-state index contributed by atoms with van der Waals surface area (Å²) in [4.78, 5) is 22.9. The third-order valence-corrected chi connectivity index (χ3v) is 7.42. The Kier molecular flexibility index (Phi) is 7.49. The molecule has 0 radical (unpaired) electrons. The van der Waals surface area contributed by atoms with E-state index >= 15 is 0 Å². The molecule has 0 bridgehead atoms. The predicted molar refractivity (Wildman–Crippen MR) is 151 cm³/mol. The van der Waals surface area contributed by atoms with Gasteiger partial charge in [0.1, 0.15) is 32.6 Å². The molecule has 4 aromatic rings. The second-order valence-electron chi connectivity index (χ2n) is 10.7. The summed E-state index contributed by atoms with van der Waals surface area (Å²) in [6.45, 7) is 10.7. The predicted octanol–water partition coefficient (Wildman–Crippen LogP) is 5.75. The van der Waals surface area contributed by atoms with Gasteiger partial charge in [-0.3, -0.25) is 9.38 Å². The Labute approximate surface area is 239 Å². The van der Waals surface area contributed by atoms with Crippen LogP contribution < -0.4 is 4.74 Å². The molecule has 0 spiro atoms. The molecule has 1 aliphatic heterocycles. The Bertz CT molecular complexity index is 1490. The van der Waals surface area contributed by atoms with E-state index in [1.807, 2.05) is 55.8 Å². The highest BCUT2D eigenvalue weighted by Crippen LogP contribution is 2.33. The van der Waals surface area contributed by atoms with Gasteiger partial charge in [0.05, 0.1) is 29.8 Å². The highest BCUT2D eigenvalue weighted by molar-refractivity contribution is 14.1. The monoisotopic (exact) mass is 647 g/mol. The number of imidazole rings is 1.